The molecular weight excluding hydrogens is 290 g/mol. The third-order valence-corrected chi connectivity index (χ3v) is 4.45. The van der Waals surface area contributed by atoms with Crippen LogP contribution >= 0.6 is 0 Å². The molecule has 1 fully saturated rings. The van der Waals surface area contributed by atoms with Gasteiger partial charge < -0.3 is 9.73 Å². The standard InChI is InChI=1S/C18H23N3O2/c1-4-13(3)21-17(9-10-19-21)20-18(22)8-6-14-5-7-16(23-14)15-11-12(15)2/h5-10,12-13,15H,4,11H2,1-3H3,(H,20,22)/b8-6+. The average Bonchev–Trinajstić information content (AvgIpc) is 2.96. The van der Waals surface area contributed by atoms with E-state index in [1.54, 1.807) is 18.3 Å². The lowest BCUT2D eigenvalue weighted by atomic mass is 10.3. The predicted molar refractivity (Wildman–Crippen MR) is 90.1 cm³/mol. The van der Waals surface area contributed by atoms with Crippen LogP contribution in [0.1, 0.15) is 57.1 Å². The van der Waals surface area contributed by atoms with E-state index in [4.69, 9.17) is 4.42 Å². The molecule has 23 heavy (non-hydrogen) atoms. The molecule has 122 valence electrons. The van der Waals surface area contributed by atoms with Gasteiger partial charge in [-0.15, -0.1) is 0 Å². The second-order valence-corrected chi connectivity index (χ2v) is 6.30. The lowest BCUT2D eigenvalue weighted by Crippen LogP contribution is -2.15. The molecule has 2 aromatic heterocycles. The number of furan rings is 1. The molecule has 0 radical (unpaired) electrons. The fourth-order valence-electron chi connectivity index (χ4n) is 2.64. The normalized spacial score (nSPS) is 21.5. The first-order valence-corrected chi connectivity index (χ1v) is 8.20. The van der Waals surface area contributed by atoms with Crippen LogP contribution in [-0.4, -0.2) is 15.7 Å². The lowest BCUT2D eigenvalue weighted by Gasteiger charge is -2.13. The van der Waals surface area contributed by atoms with Crippen molar-refractivity contribution in [2.24, 2.45) is 5.92 Å². The van der Waals surface area contributed by atoms with Crippen LogP contribution in [0.5, 0.6) is 0 Å². The van der Waals surface area contributed by atoms with Gasteiger partial charge in [0.15, 0.2) is 0 Å². The van der Waals surface area contributed by atoms with Crippen molar-refractivity contribution in [3.8, 4) is 0 Å². The maximum atomic E-state index is 12.1. The number of anilines is 1. The maximum Gasteiger partial charge on any atom is 0.249 e. The number of rotatable bonds is 6. The summed E-state index contributed by atoms with van der Waals surface area (Å²) in [6.45, 7) is 6.38. The molecule has 0 aromatic carbocycles. The van der Waals surface area contributed by atoms with E-state index in [9.17, 15) is 4.79 Å². The minimum Gasteiger partial charge on any atom is -0.461 e. The Bertz CT molecular complexity index is 713. The molecule has 1 amide bonds. The van der Waals surface area contributed by atoms with Crippen molar-refractivity contribution >= 4 is 17.8 Å². The van der Waals surface area contributed by atoms with Crippen LogP contribution in [0.3, 0.4) is 0 Å². The lowest BCUT2D eigenvalue weighted by molar-refractivity contribution is -0.111. The van der Waals surface area contributed by atoms with Gasteiger partial charge in [-0.1, -0.05) is 13.8 Å². The van der Waals surface area contributed by atoms with Crippen LogP contribution in [0, 0.1) is 5.92 Å². The Balaban J connectivity index is 1.61. The number of nitrogens with one attached hydrogen (secondary N) is 1. The average molecular weight is 313 g/mol. The summed E-state index contributed by atoms with van der Waals surface area (Å²) in [6.07, 6.45) is 7.04. The van der Waals surface area contributed by atoms with Crippen molar-refractivity contribution in [1.29, 1.82) is 0 Å². The van der Waals surface area contributed by atoms with Crippen molar-refractivity contribution < 1.29 is 9.21 Å². The smallest absolute Gasteiger partial charge is 0.249 e. The Kier molecular flexibility index (Phi) is 4.37. The molecule has 2 aromatic rings. The molecule has 1 aliphatic carbocycles. The maximum absolute atomic E-state index is 12.1. The highest BCUT2D eigenvalue weighted by Crippen LogP contribution is 2.47. The highest BCUT2D eigenvalue weighted by Gasteiger charge is 2.36. The SMILES string of the molecule is CCC(C)n1nccc1NC(=O)/C=C/c1ccc(C2CC2C)o1. The van der Waals surface area contributed by atoms with E-state index in [0.29, 0.717) is 23.4 Å². The van der Waals surface area contributed by atoms with Crippen molar-refractivity contribution in [3.63, 3.8) is 0 Å². The summed E-state index contributed by atoms with van der Waals surface area (Å²) in [5, 5.41) is 7.11. The van der Waals surface area contributed by atoms with E-state index in [-0.39, 0.29) is 11.9 Å². The van der Waals surface area contributed by atoms with Gasteiger partial charge in [0.25, 0.3) is 0 Å². The van der Waals surface area contributed by atoms with Gasteiger partial charge in [0, 0.05) is 18.1 Å². The first-order valence-electron chi connectivity index (χ1n) is 8.20. The molecule has 1 aliphatic rings. The molecule has 3 rings (SSSR count). The number of carbonyl (C=O) groups excluding carboxylic acids is 1. The van der Waals surface area contributed by atoms with Crippen molar-refractivity contribution in [2.75, 3.05) is 5.32 Å². The van der Waals surface area contributed by atoms with E-state index in [1.807, 2.05) is 16.8 Å². The van der Waals surface area contributed by atoms with Gasteiger partial charge in [-0.25, -0.2) is 4.68 Å². The molecule has 3 unspecified atom stereocenters. The summed E-state index contributed by atoms with van der Waals surface area (Å²) in [7, 11) is 0. The van der Waals surface area contributed by atoms with Gasteiger partial charge in [0.05, 0.1) is 12.2 Å². The molecular formula is C18H23N3O2. The third kappa shape index (κ3) is 3.55. The molecule has 0 aliphatic heterocycles. The zero-order valence-electron chi connectivity index (χ0n) is 13.8. The van der Waals surface area contributed by atoms with Crippen molar-refractivity contribution in [1.82, 2.24) is 9.78 Å². The van der Waals surface area contributed by atoms with Gasteiger partial charge in [-0.3, -0.25) is 4.79 Å². The molecule has 0 spiro atoms. The van der Waals surface area contributed by atoms with Gasteiger partial charge >= 0.3 is 0 Å². The molecule has 5 heteroatoms. The minimum absolute atomic E-state index is 0.187. The van der Waals surface area contributed by atoms with Gasteiger partial charge in [-0.05, 0) is 43.9 Å². The van der Waals surface area contributed by atoms with E-state index < -0.39 is 0 Å². The Morgan fingerprint density at radius 1 is 1.52 bits per heavy atom. The highest BCUT2D eigenvalue weighted by molar-refractivity contribution is 6.01. The zero-order chi connectivity index (χ0) is 16.4. The summed E-state index contributed by atoms with van der Waals surface area (Å²) < 4.78 is 7.58. The molecule has 1 saturated carbocycles. The molecule has 0 saturated heterocycles. The zero-order valence-corrected chi connectivity index (χ0v) is 13.8. The molecule has 2 heterocycles. The first kappa shape index (κ1) is 15.6. The largest absolute Gasteiger partial charge is 0.461 e. The Morgan fingerprint density at radius 2 is 2.30 bits per heavy atom. The van der Waals surface area contributed by atoms with E-state index in [0.717, 1.165) is 12.2 Å². The van der Waals surface area contributed by atoms with E-state index >= 15 is 0 Å². The van der Waals surface area contributed by atoms with Gasteiger partial charge in [-0.2, -0.15) is 5.10 Å². The van der Waals surface area contributed by atoms with Crippen LogP contribution in [0.25, 0.3) is 6.08 Å². The van der Waals surface area contributed by atoms with E-state index in [2.05, 4.69) is 31.2 Å². The Labute approximate surface area is 136 Å². The van der Waals surface area contributed by atoms with Crippen LogP contribution < -0.4 is 5.32 Å². The highest BCUT2D eigenvalue weighted by atomic mass is 16.3. The number of carbonyl (C=O) groups is 1. The fourth-order valence-corrected chi connectivity index (χ4v) is 2.64. The summed E-state index contributed by atoms with van der Waals surface area (Å²) in [5.41, 5.74) is 0. The molecule has 0 bridgehead atoms. The monoisotopic (exact) mass is 313 g/mol. The Hall–Kier alpha value is -2.30. The number of amides is 1. The third-order valence-electron chi connectivity index (χ3n) is 4.45. The van der Waals surface area contributed by atoms with E-state index in [1.165, 1.54) is 12.5 Å². The number of aromatic nitrogens is 2. The molecule has 3 atom stereocenters. The summed E-state index contributed by atoms with van der Waals surface area (Å²) >= 11 is 0. The summed E-state index contributed by atoms with van der Waals surface area (Å²) in [4.78, 5) is 12.1. The second kappa shape index (κ2) is 6.44. The topological polar surface area (TPSA) is 60.1 Å². The quantitative estimate of drug-likeness (QED) is 0.812. The van der Waals surface area contributed by atoms with Gasteiger partial charge in [0.1, 0.15) is 17.3 Å². The van der Waals surface area contributed by atoms with Crippen LogP contribution in [-0.2, 0) is 4.79 Å². The van der Waals surface area contributed by atoms with Crippen LogP contribution in [0.15, 0.2) is 34.9 Å². The van der Waals surface area contributed by atoms with Gasteiger partial charge in [0.2, 0.25) is 5.91 Å². The molecule has 1 N–H and O–H groups in total. The number of nitrogens with zero attached hydrogens (tertiary/aromatic N) is 2. The van der Waals surface area contributed by atoms with Crippen molar-refractivity contribution in [3.05, 3.63) is 42.0 Å². The second-order valence-electron chi connectivity index (χ2n) is 6.30. The number of hydrogen-bond donors (Lipinski definition) is 1. The molecule has 5 nitrogen and oxygen atoms in total. The fraction of sp³-hybridized carbons (Fsp3) is 0.444. The summed E-state index contributed by atoms with van der Waals surface area (Å²) in [6, 6.07) is 5.96. The number of hydrogen-bond acceptors (Lipinski definition) is 3. The predicted octanol–water partition coefficient (Wildman–Crippen LogP) is 4.22. The van der Waals surface area contributed by atoms with Crippen LogP contribution in [0.4, 0.5) is 5.82 Å². The first-order chi connectivity index (χ1) is 11.1. The minimum atomic E-state index is -0.187. The summed E-state index contributed by atoms with van der Waals surface area (Å²) in [5.74, 6) is 3.52. The Morgan fingerprint density at radius 3 is 3.00 bits per heavy atom. The van der Waals surface area contributed by atoms with Crippen molar-refractivity contribution in [2.45, 2.75) is 45.6 Å². The van der Waals surface area contributed by atoms with Crippen LogP contribution in [0.2, 0.25) is 0 Å².